The molecular weight excluding hydrogens is 264 g/mol. The molecule has 1 fully saturated rings. The van der Waals surface area contributed by atoms with E-state index in [1.165, 1.54) is 6.42 Å². The number of rotatable bonds is 3. The van der Waals surface area contributed by atoms with Gasteiger partial charge in [0.15, 0.2) is 0 Å². The summed E-state index contributed by atoms with van der Waals surface area (Å²) in [5.41, 5.74) is 0.820. The van der Waals surface area contributed by atoms with E-state index in [4.69, 9.17) is 4.42 Å². The maximum atomic E-state index is 12.1. The highest BCUT2D eigenvalue weighted by Gasteiger charge is 2.27. The Hall–Kier alpha value is -1.000. The predicted octanol–water partition coefficient (Wildman–Crippen LogP) is 2.44. The summed E-state index contributed by atoms with van der Waals surface area (Å²) in [7, 11) is 0. The van der Waals surface area contributed by atoms with E-state index in [0.717, 1.165) is 25.3 Å². The minimum atomic E-state index is -0.0313. The number of nitrogens with one attached hydrogen (secondary N) is 2. The van der Waals surface area contributed by atoms with Crippen molar-refractivity contribution in [2.24, 2.45) is 5.41 Å². The van der Waals surface area contributed by atoms with E-state index in [2.05, 4.69) is 17.6 Å². The lowest BCUT2D eigenvalue weighted by atomic mass is 9.83. The molecule has 0 spiro atoms. The monoisotopic (exact) mass is 286 g/mol. The van der Waals surface area contributed by atoms with Gasteiger partial charge >= 0.3 is 0 Å². The molecule has 19 heavy (non-hydrogen) atoms. The van der Waals surface area contributed by atoms with Crippen molar-refractivity contribution in [3.8, 4) is 0 Å². The molecule has 0 bridgehead atoms. The molecule has 2 N–H and O–H groups in total. The Morgan fingerprint density at radius 3 is 2.79 bits per heavy atom. The van der Waals surface area contributed by atoms with Crippen molar-refractivity contribution in [1.29, 1.82) is 0 Å². The third kappa shape index (κ3) is 3.98. The van der Waals surface area contributed by atoms with Gasteiger partial charge in [-0.25, -0.2) is 0 Å². The lowest BCUT2D eigenvalue weighted by Crippen LogP contribution is -2.45. The quantitative estimate of drug-likeness (QED) is 0.897. The van der Waals surface area contributed by atoms with Crippen molar-refractivity contribution in [2.45, 2.75) is 33.6 Å². The Bertz CT molecular complexity index is 437. The lowest BCUT2D eigenvalue weighted by molar-refractivity contribution is 0.0923. The zero-order chi connectivity index (χ0) is 13.2. The van der Waals surface area contributed by atoms with Crippen LogP contribution in [0.2, 0.25) is 0 Å². The van der Waals surface area contributed by atoms with Crippen LogP contribution in [-0.2, 0) is 0 Å². The van der Waals surface area contributed by atoms with Crippen molar-refractivity contribution < 1.29 is 9.21 Å². The summed E-state index contributed by atoms with van der Waals surface area (Å²) in [6.45, 7) is 8.66. The minimum Gasteiger partial charge on any atom is -0.466 e. The maximum Gasteiger partial charge on any atom is 0.254 e. The SMILES string of the molecule is Cc1cc(C(=O)NCC2(C)CCCNC2)c(C)o1.Cl. The van der Waals surface area contributed by atoms with E-state index in [0.29, 0.717) is 17.9 Å². The summed E-state index contributed by atoms with van der Waals surface area (Å²) < 4.78 is 5.38. The van der Waals surface area contributed by atoms with Gasteiger partial charge in [0.1, 0.15) is 11.5 Å². The van der Waals surface area contributed by atoms with Crippen molar-refractivity contribution in [3.05, 3.63) is 23.2 Å². The van der Waals surface area contributed by atoms with E-state index in [1.807, 2.05) is 13.8 Å². The number of hydrogen-bond donors (Lipinski definition) is 2. The molecular formula is C14H23ClN2O2. The lowest BCUT2D eigenvalue weighted by Gasteiger charge is -2.34. The smallest absolute Gasteiger partial charge is 0.254 e. The number of furan rings is 1. The van der Waals surface area contributed by atoms with E-state index in [-0.39, 0.29) is 23.7 Å². The maximum absolute atomic E-state index is 12.1. The molecule has 4 nitrogen and oxygen atoms in total. The molecule has 1 aliphatic heterocycles. The predicted molar refractivity (Wildman–Crippen MR) is 78.0 cm³/mol. The third-order valence-electron chi connectivity index (χ3n) is 3.65. The molecule has 1 atom stereocenters. The van der Waals surface area contributed by atoms with Crippen molar-refractivity contribution in [1.82, 2.24) is 10.6 Å². The number of amides is 1. The second-order valence-corrected chi connectivity index (χ2v) is 5.60. The van der Waals surface area contributed by atoms with Gasteiger partial charge in [-0.05, 0) is 44.7 Å². The van der Waals surface area contributed by atoms with Crippen LogP contribution in [0.15, 0.2) is 10.5 Å². The molecule has 0 aliphatic carbocycles. The molecule has 1 saturated heterocycles. The molecule has 1 aromatic heterocycles. The largest absolute Gasteiger partial charge is 0.466 e. The van der Waals surface area contributed by atoms with Gasteiger partial charge in [0.05, 0.1) is 5.56 Å². The van der Waals surface area contributed by atoms with Crippen LogP contribution in [0, 0.1) is 19.3 Å². The van der Waals surface area contributed by atoms with Crippen molar-refractivity contribution in [2.75, 3.05) is 19.6 Å². The van der Waals surface area contributed by atoms with Crippen molar-refractivity contribution in [3.63, 3.8) is 0 Å². The van der Waals surface area contributed by atoms with Crippen LogP contribution in [0.25, 0.3) is 0 Å². The molecule has 108 valence electrons. The molecule has 5 heteroatoms. The number of carbonyl (C=O) groups is 1. The number of piperidine rings is 1. The fourth-order valence-corrected chi connectivity index (χ4v) is 2.51. The average Bonchev–Trinajstić information content (AvgIpc) is 2.67. The number of hydrogen-bond acceptors (Lipinski definition) is 3. The highest BCUT2D eigenvalue weighted by atomic mass is 35.5. The van der Waals surface area contributed by atoms with Gasteiger partial charge in [0, 0.05) is 13.1 Å². The zero-order valence-corrected chi connectivity index (χ0v) is 12.7. The fraction of sp³-hybridized carbons (Fsp3) is 0.643. The molecule has 2 rings (SSSR count). The second kappa shape index (κ2) is 6.44. The normalized spacial score (nSPS) is 22.7. The molecule has 0 aromatic carbocycles. The first-order valence-electron chi connectivity index (χ1n) is 6.56. The molecule has 1 aromatic rings. The zero-order valence-electron chi connectivity index (χ0n) is 11.8. The highest BCUT2D eigenvalue weighted by Crippen LogP contribution is 2.24. The van der Waals surface area contributed by atoms with Crippen LogP contribution in [-0.4, -0.2) is 25.5 Å². The first-order valence-corrected chi connectivity index (χ1v) is 6.56. The van der Waals surface area contributed by atoms with Crippen LogP contribution in [0.3, 0.4) is 0 Å². The summed E-state index contributed by atoms with van der Waals surface area (Å²) in [4.78, 5) is 12.1. The van der Waals surface area contributed by atoms with E-state index >= 15 is 0 Å². The van der Waals surface area contributed by atoms with Gasteiger partial charge in [0.25, 0.3) is 5.91 Å². The number of carbonyl (C=O) groups excluding carboxylic acids is 1. The van der Waals surface area contributed by atoms with E-state index in [9.17, 15) is 4.79 Å². The van der Waals surface area contributed by atoms with Gasteiger partial charge in [0.2, 0.25) is 0 Å². The summed E-state index contributed by atoms with van der Waals surface area (Å²) >= 11 is 0. The Morgan fingerprint density at radius 1 is 1.53 bits per heavy atom. The summed E-state index contributed by atoms with van der Waals surface area (Å²) in [6, 6.07) is 1.80. The van der Waals surface area contributed by atoms with Crippen LogP contribution in [0.1, 0.15) is 41.6 Å². The summed E-state index contributed by atoms with van der Waals surface area (Å²) in [5, 5.41) is 6.41. The molecule has 1 aliphatic rings. The molecule has 0 radical (unpaired) electrons. The first kappa shape index (κ1) is 16.1. The molecule has 1 unspecified atom stereocenters. The molecule has 2 heterocycles. The number of halogens is 1. The Balaban J connectivity index is 0.00000180. The van der Waals surface area contributed by atoms with Crippen LogP contribution < -0.4 is 10.6 Å². The Morgan fingerprint density at radius 2 is 2.26 bits per heavy atom. The Labute approximate surface area is 120 Å². The standard InChI is InChI=1S/C14H22N2O2.ClH/c1-10-7-12(11(2)18-10)13(17)16-9-14(3)5-4-6-15-8-14;/h7,15H,4-6,8-9H2,1-3H3,(H,16,17);1H. The average molecular weight is 287 g/mol. The topological polar surface area (TPSA) is 54.3 Å². The van der Waals surface area contributed by atoms with Gasteiger partial charge < -0.3 is 15.1 Å². The molecule has 0 saturated carbocycles. The summed E-state index contributed by atoms with van der Waals surface area (Å²) in [6.07, 6.45) is 2.33. The van der Waals surface area contributed by atoms with Crippen molar-refractivity contribution >= 4 is 18.3 Å². The highest BCUT2D eigenvalue weighted by molar-refractivity contribution is 5.95. The molecule has 1 amide bonds. The van der Waals surface area contributed by atoms with Crippen LogP contribution in [0.4, 0.5) is 0 Å². The van der Waals surface area contributed by atoms with Gasteiger partial charge in [-0.15, -0.1) is 12.4 Å². The second-order valence-electron chi connectivity index (χ2n) is 5.60. The minimum absolute atomic E-state index is 0. The van der Waals surface area contributed by atoms with Gasteiger partial charge in [-0.2, -0.15) is 0 Å². The summed E-state index contributed by atoms with van der Waals surface area (Å²) in [5.74, 6) is 1.44. The van der Waals surface area contributed by atoms with Gasteiger partial charge in [-0.1, -0.05) is 6.92 Å². The van der Waals surface area contributed by atoms with E-state index in [1.54, 1.807) is 6.07 Å². The third-order valence-corrected chi connectivity index (χ3v) is 3.65. The van der Waals surface area contributed by atoms with Gasteiger partial charge in [-0.3, -0.25) is 4.79 Å². The Kier molecular flexibility index (Phi) is 5.44. The number of aryl methyl sites for hydroxylation is 2. The van der Waals surface area contributed by atoms with Crippen LogP contribution in [0.5, 0.6) is 0 Å². The fourth-order valence-electron chi connectivity index (χ4n) is 2.51. The van der Waals surface area contributed by atoms with E-state index < -0.39 is 0 Å². The van der Waals surface area contributed by atoms with Crippen LogP contribution >= 0.6 is 12.4 Å². The first-order chi connectivity index (χ1) is 8.50.